The summed E-state index contributed by atoms with van der Waals surface area (Å²) in [5.74, 6) is -0.769. The summed E-state index contributed by atoms with van der Waals surface area (Å²) >= 11 is 0. The van der Waals surface area contributed by atoms with Crippen molar-refractivity contribution in [1.82, 2.24) is 4.98 Å². The van der Waals surface area contributed by atoms with Crippen LogP contribution in [0.1, 0.15) is 41.3 Å². The Morgan fingerprint density at radius 3 is 2.30 bits per heavy atom. The number of pyridine rings is 1. The summed E-state index contributed by atoms with van der Waals surface area (Å²) in [6, 6.07) is 9.32. The molecule has 2 N–H and O–H groups in total. The molecular formula is C16H17NO3. The predicted molar refractivity (Wildman–Crippen MR) is 78.3 cm³/mol. The first kappa shape index (κ1) is 14.1. The Bertz CT molecular complexity index is 697. The van der Waals surface area contributed by atoms with Crippen molar-refractivity contribution >= 4 is 5.97 Å². The van der Waals surface area contributed by atoms with Gasteiger partial charge in [-0.1, -0.05) is 38.1 Å². The second-order valence-corrected chi connectivity index (χ2v) is 5.15. The minimum atomic E-state index is -1.21. The summed E-state index contributed by atoms with van der Waals surface area (Å²) in [7, 11) is 0. The van der Waals surface area contributed by atoms with Crippen LogP contribution in [-0.4, -0.2) is 16.1 Å². The van der Waals surface area contributed by atoms with Crippen molar-refractivity contribution in [2.75, 3.05) is 0 Å². The van der Waals surface area contributed by atoms with E-state index in [1.54, 1.807) is 6.92 Å². The molecular weight excluding hydrogens is 254 g/mol. The zero-order valence-corrected chi connectivity index (χ0v) is 11.7. The molecule has 2 rings (SSSR count). The molecule has 0 aliphatic carbocycles. The van der Waals surface area contributed by atoms with Gasteiger partial charge in [-0.05, 0) is 35.6 Å². The molecule has 1 heterocycles. The number of nitrogens with one attached hydrogen (secondary N) is 1. The Labute approximate surface area is 117 Å². The molecule has 1 aromatic carbocycles. The van der Waals surface area contributed by atoms with E-state index in [0.717, 1.165) is 11.1 Å². The van der Waals surface area contributed by atoms with Gasteiger partial charge < -0.3 is 10.1 Å². The molecule has 0 radical (unpaired) electrons. The molecule has 0 fully saturated rings. The molecule has 0 atom stereocenters. The summed E-state index contributed by atoms with van der Waals surface area (Å²) in [5, 5.41) is 8.93. The number of aromatic nitrogens is 1. The summed E-state index contributed by atoms with van der Waals surface area (Å²) < 4.78 is 0. The molecule has 0 saturated heterocycles. The number of aromatic carboxylic acids is 1. The quantitative estimate of drug-likeness (QED) is 0.900. The van der Waals surface area contributed by atoms with Crippen molar-refractivity contribution in [3.05, 3.63) is 57.4 Å². The van der Waals surface area contributed by atoms with Crippen LogP contribution in [-0.2, 0) is 0 Å². The van der Waals surface area contributed by atoms with Crippen LogP contribution in [0.3, 0.4) is 0 Å². The number of carboxylic acids is 1. The van der Waals surface area contributed by atoms with Crippen LogP contribution < -0.4 is 5.56 Å². The first-order valence-electron chi connectivity index (χ1n) is 6.47. The van der Waals surface area contributed by atoms with Crippen molar-refractivity contribution < 1.29 is 9.90 Å². The largest absolute Gasteiger partial charge is 0.477 e. The van der Waals surface area contributed by atoms with Crippen LogP contribution in [0.2, 0.25) is 0 Å². The fourth-order valence-electron chi connectivity index (χ4n) is 2.13. The number of hydrogen-bond donors (Lipinski definition) is 2. The molecule has 1 aromatic heterocycles. The van der Waals surface area contributed by atoms with Gasteiger partial charge in [-0.15, -0.1) is 0 Å². The first-order chi connectivity index (χ1) is 9.40. The van der Waals surface area contributed by atoms with E-state index in [-0.39, 0.29) is 5.56 Å². The van der Waals surface area contributed by atoms with Gasteiger partial charge >= 0.3 is 5.97 Å². The zero-order chi connectivity index (χ0) is 14.9. The van der Waals surface area contributed by atoms with Gasteiger partial charge in [0.1, 0.15) is 5.56 Å². The van der Waals surface area contributed by atoms with E-state index in [0.29, 0.717) is 11.6 Å². The van der Waals surface area contributed by atoms with E-state index >= 15 is 0 Å². The van der Waals surface area contributed by atoms with Crippen LogP contribution >= 0.6 is 0 Å². The molecule has 20 heavy (non-hydrogen) atoms. The van der Waals surface area contributed by atoms with Crippen molar-refractivity contribution in [1.29, 1.82) is 0 Å². The molecule has 0 bridgehead atoms. The van der Waals surface area contributed by atoms with Crippen molar-refractivity contribution in [3.63, 3.8) is 0 Å². The van der Waals surface area contributed by atoms with Gasteiger partial charge in [0.25, 0.3) is 5.56 Å². The zero-order valence-electron chi connectivity index (χ0n) is 11.7. The molecule has 0 unspecified atom stereocenters. The first-order valence-corrected chi connectivity index (χ1v) is 6.47. The molecule has 0 aliphatic rings. The molecule has 0 aliphatic heterocycles. The highest BCUT2D eigenvalue weighted by Crippen LogP contribution is 2.23. The van der Waals surface area contributed by atoms with Crippen LogP contribution in [0.5, 0.6) is 0 Å². The lowest BCUT2D eigenvalue weighted by molar-refractivity contribution is 0.0695. The Balaban J connectivity index is 2.50. The molecule has 0 spiro atoms. The van der Waals surface area contributed by atoms with Crippen LogP contribution in [0.25, 0.3) is 11.3 Å². The van der Waals surface area contributed by atoms with E-state index in [1.165, 1.54) is 11.6 Å². The monoisotopic (exact) mass is 271 g/mol. The maximum atomic E-state index is 11.7. The minimum absolute atomic E-state index is 0.231. The van der Waals surface area contributed by atoms with E-state index in [2.05, 4.69) is 18.8 Å². The Morgan fingerprint density at radius 2 is 1.80 bits per heavy atom. The predicted octanol–water partition coefficient (Wildman–Crippen LogP) is 3.17. The summed E-state index contributed by atoms with van der Waals surface area (Å²) in [6.45, 7) is 6.02. The minimum Gasteiger partial charge on any atom is -0.477 e. The summed E-state index contributed by atoms with van der Waals surface area (Å²) in [6.07, 6.45) is 0. The topological polar surface area (TPSA) is 70.2 Å². The number of carboxylic acid groups (broad SMARTS) is 1. The van der Waals surface area contributed by atoms with E-state index in [4.69, 9.17) is 5.11 Å². The smallest absolute Gasteiger partial charge is 0.341 e. The average Bonchev–Trinajstić information content (AvgIpc) is 2.40. The number of hydrogen-bond acceptors (Lipinski definition) is 2. The fraction of sp³-hybridized carbons (Fsp3) is 0.250. The summed E-state index contributed by atoms with van der Waals surface area (Å²) in [4.78, 5) is 25.3. The number of rotatable bonds is 3. The van der Waals surface area contributed by atoms with Gasteiger partial charge in [-0.3, -0.25) is 4.79 Å². The average molecular weight is 271 g/mol. The van der Waals surface area contributed by atoms with Crippen molar-refractivity contribution in [2.24, 2.45) is 0 Å². The number of aromatic amines is 1. The van der Waals surface area contributed by atoms with E-state index < -0.39 is 11.5 Å². The van der Waals surface area contributed by atoms with Gasteiger partial charge in [-0.25, -0.2) is 4.79 Å². The maximum absolute atomic E-state index is 11.7. The molecule has 4 heteroatoms. The molecule has 4 nitrogen and oxygen atoms in total. The second kappa shape index (κ2) is 5.33. The number of aryl methyl sites for hydroxylation is 1. The van der Waals surface area contributed by atoms with Gasteiger partial charge in [0.05, 0.1) is 5.69 Å². The summed E-state index contributed by atoms with van der Waals surface area (Å²) in [5.41, 5.74) is 2.68. The van der Waals surface area contributed by atoms with Gasteiger partial charge in [0, 0.05) is 0 Å². The highest BCUT2D eigenvalue weighted by molar-refractivity contribution is 5.88. The van der Waals surface area contributed by atoms with Gasteiger partial charge in [-0.2, -0.15) is 0 Å². The number of carbonyl (C=O) groups is 1. The fourth-order valence-corrected chi connectivity index (χ4v) is 2.13. The van der Waals surface area contributed by atoms with E-state index in [9.17, 15) is 9.59 Å². The van der Waals surface area contributed by atoms with Crippen LogP contribution in [0, 0.1) is 6.92 Å². The third-order valence-electron chi connectivity index (χ3n) is 3.33. The Hall–Kier alpha value is -2.36. The lowest BCUT2D eigenvalue weighted by atomic mass is 9.99. The highest BCUT2D eigenvalue weighted by Gasteiger charge is 2.12. The standard InChI is InChI=1S/C16H17NO3/c1-9(2)11-4-6-12(7-5-11)14-10(3)8-13(16(19)20)15(18)17-14/h4-9H,1-3H3,(H,17,18)(H,19,20). The highest BCUT2D eigenvalue weighted by atomic mass is 16.4. The van der Waals surface area contributed by atoms with Crippen molar-refractivity contribution in [2.45, 2.75) is 26.7 Å². The van der Waals surface area contributed by atoms with Gasteiger partial charge in [0.2, 0.25) is 0 Å². The Kier molecular flexibility index (Phi) is 3.74. The molecule has 0 saturated carbocycles. The maximum Gasteiger partial charge on any atom is 0.341 e. The normalized spacial score (nSPS) is 10.8. The van der Waals surface area contributed by atoms with Crippen LogP contribution in [0.15, 0.2) is 35.1 Å². The second-order valence-electron chi connectivity index (χ2n) is 5.15. The van der Waals surface area contributed by atoms with E-state index in [1.807, 2.05) is 24.3 Å². The molecule has 104 valence electrons. The lowest BCUT2D eigenvalue weighted by Gasteiger charge is -2.09. The van der Waals surface area contributed by atoms with Crippen LogP contribution in [0.4, 0.5) is 0 Å². The number of H-pyrrole nitrogens is 1. The van der Waals surface area contributed by atoms with Gasteiger partial charge in [0.15, 0.2) is 0 Å². The Morgan fingerprint density at radius 1 is 1.20 bits per heavy atom. The number of benzene rings is 1. The third kappa shape index (κ3) is 2.64. The molecule has 2 aromatic rings. The lowest BCUT2D eigenvalue weighted by Crippen LogP contribution is -2.18. The molecule has 0 amide bonds. The SMILES string of the molecule is Cc1cc(C(=O)O)c(=O)[nH]c1-c1ccc(C(C)C)cc1. The van der Waals surface area contributed by atoms with Crippen molar-refractivity contribution in [3.8, 4) is 11.3 Å². The third-order valence-corrected chi connectivity index (χ3v) is 3.33.